The monoisotopic (exact) mass is 475 g/mol. The zero-order chi connectivity index (χ0) is 24.3. The molecule has 1 N–H and O–H groups in total. The quantitative estimate of drug-likeness (QED) is 0.557. The number of ether oxygens (including phenoxy) is 1. The van der Waals surface area contributed by atoms with Crippen LogP contribution in [0.25, 0.3) is 0 Å². The maximum Gasteiger partial charge on any atom is 0.282 e. The number of carboxylic acids is 1. The van der Waals surface area contributed by atoms with Gasteiger partial charge >= 0.3 is 0 Å². The maximum absolute atomic E-state index is 13.1. The molecule has 172 valence electrons. The molecule has 0 saturated heterocycles. The van der Waals surface area contributed by atoms with Gasteiger partial charge in [-0.05, 0) is 55.0 Å². The van der Waals surface area contributed by atoms with E-state index >= 15 is 0 Å². The number of hydrogen-bond donors (Lipinski definition) is 1. The van der Waals surface area contributed by atoms with Gasteiger partial charge < -0.3 is 20.0 Å². The zero-order valence-corrected chi connectivity index (χ0v) is 18.8. The molecule has 34 heavy (non-hydrogen) atoms. The van der Waals surface area contributed by atoms with Gasteiger partial charge in [0.2, 0.25) is 5.78 Å². The van der Waals surface area contributed by atoms with E-state index in [1.54, 1.807) is 48.5 Å². The first-order chi connectivity index (χ1) is 16.3. The summed E-state index contributed by atoms with van der Waals surface area (Å²) in [4.78, 5) is 23.8. The number of rotatable bonds is 7. The standard InChI is InChI=1S/C25H20N2O6S/c1-2-33-18-11-9-17(10-12-18)26-23-15-22(20-5-3-4-6-21(20)24(23)28)27-34(31,32)19-13-7-16(8-14-19)25(29)30/h3-15,26H,2H2,1H3,(H,29,30)/p-1. The molecule has 0 heterocycles. The number of benzene rings is 3. The van der Waals surface area contributed by atoms with Gasteiger partial charge in [0, 0.05) is 16.8 Å². The van der Waals surface area contributed by atoms with Crippen molar-refractivity contribution in [3.63, 3.8) is 0 Å². The largest absolute Gasteiger partial charge is 0.545 e. The molecule has 0 spiro atoms. The van der Waals surface area contributed by atoms with Crippen molar-refractivity contribution in [2.45, 2.75) is 11.8 Å². The van der Waals surface area contributed by atoms with Gasteiger partial charge in [0.05, 0.1) is 28.9 Å². The number of nitrogens with one attached hydrogen (secondary N) is 1. The van der Waals surface area contributed by atoms with Gasteiger partial charge in [0.1, 0.15) is 5.75 Å². The van der Waals surface area contributed by atoms with Crippen LogP contribution in [0.15, 0.2) is 93.9 Å². The number of carboxylic acid groups (broad SMARTS) is 1. The molecule has 0 radical (unpaired) electrons. The predicted molar refractivity (Wildman–Crippen MR) is 125 cm³/mol. The molecule has 3 aromatic carbocycles. The third-order valence-corrected chi connectivity index (χ3v) is 6.33. The normalized spacial score (nSPS) is 14.3. The molecule has 0 bridgehead atoms. The first-order valence-corrected chi connectivity index (χ1v) is 11.7. The van der Waals surface area contributed by atoms with Crippen molar-refractivity contribution in [2.75, 3.05) is 11.9 Å². The Hall–Kier alpha value is -4.24. The van der Waals surface area contributed by atoms with Crippen molar-refractivity contribution in [1.82, 2.24) is 0 Å². The second-order valence-corrected chi connectivity index (χ2v) is 8.88. The number of hydrogen-bond acceptors (Lipinski definition) is 7. The highest BCUT2D eigenvalue weighted by Crippen LogP contribution is 2.26. The Morgan fingerprint density at radius 3 is 2.24 bits per heavy atom. The van der Waals surface area contributed by atoms with E-state index in [0.29, 0.717) is 29.2 Å². The molecule has 0 saturated carbocycles. The highest BCUT2D eigenvalue weighted by Gasteiger charge is 2.26. The van der Waals surface area contributed by atoms with Gasteiger partial charge in [0.15, 0.2) is 0 Å². The molecule has 3 aromatic rings. The molecule has 0 atom stereocenters. The average molecular weight is 476 g/mol. The fourth-order valence-corrected chi connectivity index (χ4v) is 4.40. The molecule has 9 heteroatoms. The lowest BCUT2D eigenvalue weighted by Crippen LogP contribution is -2.23. The van der Waals surface area contributed by atoms with Gasteiger partial charge in [-0.3, -0.25) is 4.79 Å². The van der Waals surface area contributed by atoms with Crippen molar-refractivity contribution in [3.8, 4) is 5.75 Å². The summed E-state index contributed by atoms with van der Waals surface area (Å²) in [5, 5.41) is 14.0. The first-order valence-electron chi connectivity index (χ1n) is 10.3. The van der Waals surface area contributed by atoms with Crippen LogP contribution in [0, 0.1) is 0 Å². The Bertz CT molecular complexity index is 1420. The van der Waals surface area contributed by atoms with Crippen molar-refractivity contribution >= 4 is 33.2 Å². The van der Waals surface area contributed by atoms with Crippen LogP contribution in [0.2, 0.25) is 0 Å². The maximum atomic E-state index is 13.1. The minimum Gasteiger partial charge on any atom is -0.545 e. The lowest BCUT2D eigenvalue weighted by molar-refractivity contribution is -0.255. The second kappa shape index (κ2) is 9.32. The molecule has 4 rings (SSSR count). The van der Waals surface area contributed by atoms with Crippen LogP contribution in [0.4, 0.5) is 5.69 Å². The van der Waals surface area contributed by atoms with E-state index in [4.69, 9.17) is 4.74 Å². The predicted octanol–water partition coefficient (Wildman–Crippen LogP) is 2.82. The molecule has 0 amide bonds. The number of anilines is 1. The van der Waals surface area contributed by atoms with E-state index in [1.807, 2.05) is 6.92 Å². The van der Waals surface area contributed by atoms with Crippen LogP contribution in [0.5, 0.6) is 5.75 Å². The molecule has 0 fully saturated rings. The number of allylic oxidation sites excluding steroid dienone is 2. The third-order valence-electron chi connectivity index (χ3n) is 5.02. The number of ketones is 1. The van der Waals surface area contributed by atoms with Gasteiger partial charge in [-0.15, -0.1) is 0 Å². The Morgan fingerprint density at radius 1 is 0.971 bits per heavy atom. The van der Waals surface area contributed by atoms with Crippen molar-refractivity contribution in [2.24, 2.45) is 4.40 Å². The summed E-state index contributed by atoms with van der Waals surface area (Å²) in [6.07, 6.45) is 1.38. The highest BCUT2D eigenvalue weighted by atomic mass is 32.2. The fraction of sp³-hybridized carbons (Fsp3) is 0.0800. The van der Waals surface area contributed by atoms with Crippen LogP contribution in [0.3, 0.4) is 0 Å². The van der Waals surface area contributed by atoms with E-state index in [1.165, 1.54) is 6.08 Å². The summed E-state index contributed by atoms with van der Waals surface area (Å²) in [6.45, 7) is 2.40. The van der Waals surface area contributed by atoms with E-state index in [9.17, 15) is 23.1 Å². The third kappa shape index (κ3) is 4.74. The molecule has 1 aliphatic carbocycles. The number of carbonyl (C=O) groups is 2. The smallest absolute Gasteiger partial charge is 0.282 e. The van der Waals surface area contributed by atoms with E-state index in [2.05, 4.69) is 9.71 Å². The number of fused-ring (bicyclic) bond motifs is 1. The number of carbonyl (C=O) groups excluding carboxylic acids is 2. The van der Waals surface area contributed by atoms with E-state index in [0.717, 1.165) is 24.3 Å². The molecule has 8 nitrogen and oxygen atoms in total. The highest BCUT2D eigenvalue weighted by molar-refractivity contribution is 7.90. The SMILES string of the molecule is CCOc1ccc(NC2=CC(=NS(=O)(=O)c3ccc(C(=O)[O-])cc3)c3ccccc3C2=O)cc1. The van der Waals surface area contributed by atoms with Crippen molar-refractivity contribution in [1.29, 1.82) is 0 Å². The summed E-state index contributed by atoms with van der Waals surface area (Å²) in [6, 6.07) is 18.1. The van der Waals surface area contributed by atoms with Crippen molar-refractivity contribution < 1.29 is 27.9 Å². The zero-order valence-electron chi connectivity index (χ0n) is 18.0. The second-order valence-electron chi connectivity index (χ2n) is 7.28. The average Bonchev–Trinajstić information content (AvgIpc) is 2.83. The van der Waals surface area contributed by atoms with E-state index in [-0.39, 0.29) is 27.7 Å². The minimum atomic E-state index is -4.20. The summed E-state index contributed by atoms with van der Waals surface area (Å²) in [5.74, 6) is -1.04. The Kier molecular flexibility index (Phi) is 6.29. The number of Topliss-reactive ketones (excluding diaryl/α,β-unsaturated/α-hetero) is 1. The van der Waals surface area contributed by atoms with Crippen LogP contribution in [-0.4, -0.2) is 32.5 Å². The summed E-state index contributed by atoms with van der Waals surface area (Å²) < 4.78 is 35.3. The van der Waals surface area contributed by atoms with Crippen LogP contribution >= 0.6 is 0 Å². The van der Waals surface area contributed by atoms with Gasteiger partial charge in [-0.1, -0.05) is 36.4 Å². The summed E-state index contributed by atoms with van der Waals surface area (Å²) >= 11 is 0. The molecule has 1 aliphatic rings. The van der Waals surface area contributed by atoms with Gasteiger partial charge in [0.25, 0.3) is 10.0 Å². The molecule has 0 unspecified atom stereocenters. The summed E-state index contributed by atoms with van der Waals surface area (Å²) in [7, 11) is -4.20. The first kappa shape index (κ1) is 22.9. The number of aromatic carboxylic acids is 1. The minimum absolute atomic E-state index is 0.0765. The molecule has 0 aliphatic heterocycles. The van der Waals surface area contributed by atoms with Crippen molar-refractivity contribution in [3.05, 3.63) is 101 Å². The van der Waals surface area contributed by atoms with Gasteiger partial charge in [-0.2, -0.15) is 12.8 Å². The Morgan fingerprint density at radius 2 is 1.62 bits per heavy atom. The topological polar surface area (TPSA) is 125 Å². The fourth-order valence-electron chi connectivity index (χ4n) is 3.40. The van der Waals surface area contributed by atoms with Gasteiger partial charge in [-0.25, -0.2) is 0 Å². The lowest BCUT2D eigenvalue weighted by Gasteiger charge is -2.19. The number of nitrogens with zero attached hydrogens (tertiary/aromatic N) is 1. The summed E-state index contributed by atoms with van der Waals surface area (Å²) in [5.41, 5.74) is 1.38. The Labute approximate surface area is 196 Å². The molecular weight excluding hydrogens is 456 g/mol. The van der Waals surface area contributed by atoms with Crippen LogP contribution < -0.4 is 15.2 Å². The molecular formula is C25H19N2O6S-. The Balaban J connectivity index is 1.73. The van der Waals surface area contributed by atoms with Crippen LogP contribution in [0.1, 0.15) is 33.2 Å². The lowest BCUT2D eigenvalue weighted by atomic mass is 9.92. The van der Waals surface area contributed by atoms with Crippen LogP contribution in [-0.2, 0) is 10.0 Å². The number of sulfonamides is 1. The molecule has 0 aromatic heterocycles. The van der Waals surface area contributed by atoms with E-state index < -0.39 is 16.0 Å².